The van der Waals surface area contributed by atoms with Crippen molar-refractivity contribution in [3.05, 3.63) is 58.3 Å². The molecule has 2 heterocycles. The summed E-state index contributed by atoms with van der Waals surface area (Å²) in [4.78, 5) is 0. The molecule has 0 unspecified atom stereocenters. The summed E-state index contributed by atoms with van der Waals surface area (Å²) in [5.41, 5.74) is 10.6. The molecular weight excluding hydrogens is 254 g/mol. The number of nitrogens with zero attached hydrogens (tertiary/aromatic N) is 2. The summed E-state index contributed by atoms with van der Waals surface area (Å²) in [5, 5.41) is 8.72. The van der Waals surface area contributed by atoms with Crippen molar-refractivity contribution in [2.75, 3.05) is 5.73 Å². The van der Waals surface area contributed by atoms with Crippen LogP contribution in [0.2, 0.25) is 0 Å². The molecule has 0 radical (unpaired) electrons. The fourth-order valence-electron chi connectivity index (χ4n) is 2.19. The van der Waals surface area contributed by atoms with Gasteiger partial charge in [-0.3, -0.25) is 4.68 Å². The first-order chi connectivity index (χ1) is 9.25. The molecule has 96 valence electrons. The van der Waals surface area contributed by atoms with Crippen LogP contribution in [0.3, 0.4) is 0 Å². The summed E-state index contributed by atoms with van der Waals surface area (Å²) >= 11 is 1.67. The Morgan fingerprint density at radius 2 is 2.00 bits per heavy atom. The maximum absolute atomic E-state index is 6.16. The molecule has 2 aromatic heterocycles. The summed E-state index contributed by atoms with van der Waals surface area (Å²) in [6.45, 7) is 0. The molecule has 3 rings (SSSR count). The highest BCUT2D eigenvalue weighted by atomic mass is 32.1. The van der Waals surface area contributed by atoms with E-state index in [-0.39, 0.29) is 0 Å². The summed E-state index contributed by atoms with van der Waals surface area (Å²) in [5.74, 6) is 0.741. The number of aromatic nitrogens is 2. The van der Waals surface area contributed by atoms with E-state index in [1.54, 1.807) is 16.0 Å². The van der Waals surface area contributed by atoms with Gasteiger partial charge >= 0.3 is 0 Å². The number of anilines is 1. The molecule has 2 N–H and O–H groups in total. The fraction of sp³-hybridized carbons (Fsp3) is 0.133. The van der Waals surface area contributed by atoms with E-state index in [0.29, 0.717) is 0 Å². The largest absolute Gasteiger partial charge is 0.384 e. The van der Waals surface area contributed by atoms with Gasteiger partial charge in [-0.05, 0) is 17.0 Å². The van der Waals surface area contributed by atoms with Gasteiger partial charge in [0.1, 0.15) is 5.82 Å². The topological polar surface area (TPSA) is 43.8 Å². The predicted octanol–water partition coefficient (Wildman–Crippen LogP) is 3.32. The predicted molar refractivity (Wildman–Crippen MR) is 80.2 cm³/mol. The van der Waals surface area contributed by atoms with Gasteiger partial charge in [-0.1, -0.05) is 30.3 Å². The maximum Gasteiger partial charge on any atom is 0.125 e. The first kappa shape index (κ1) is 12.0. The van der Waals surface area contributed by atoms with Crippen LogP contribution in [0.1, 0.15) is 11.1 Å². The lowest BCUT2D eigenvalue weighted by Gasteiger charge is -2.03. The number of hydrogen-bond acceptors (Lipinski definition) is 3. The van der Waals surface area contributed by atoms with Gasteiger partial charge in [0.15, 0.2) is 0 Å². The number of rotatable bonds is 3. The molecule has 0 bridgehead atoms. The van der Waals surface area contributed by atoms with Crippen LogP contribution in [0.25, 0.3) is 11.3 Å². The second-order valence-electron chi connectivity index (χ2n) is 4.51. The van der Waals surface area contributed by atoms with Crippen molar-refractivity contribution >= 4 is 17.2 Å². The van der Waals surface area contributed by atoms with Crippen LogP contribution in [0.4, 0.5) is 5.82 Å². The van der Waals surface area contributed by atoms with Crippen molar-refractivity contribution in [1.29, 1.82) is 0 Å². The number of nitrogen functional groups attached to an aromatic ring is 1. The van der Waals surface area contributed by atoms with Crippen molar-refractivity contribution in [3.63, 3.8) is 0 Å². The Bertz CT molecular complexity index is 669. The third-order valence-corrected chi connectivity index (χ3v) is 3.90. The number of benzene rings is 1. The Balaban J connectivity index is 2.05. The van der Waals surface area contributed by atoms with Crippen LogP contribution in [0.5, 0.6) is 0 Å². The van der Waals surface area contributed by atoms with Crippen molar-refractivity contribution < 1.29 is 0 Å². The highest BCUT2D eigenvalue weighted by Crippen LogP contribution is 2.30. The molecule has 3 nitrogen and oxygen atoms in total. The normalized spacial score (nSPS) is 10.8. The van der Waals surface area contributed by atoms with Gasteiger partial charge in [-0.15, -0.1) is 0 Å². The smallest absolute Gasteiger partial charge is 0.125 e. The van der Waals surface area contributed by atoms with Gasteiger partial charge < -0.3 is 5.73 Å². The molecule has 1 aromatic carbocycles. The van der Waals surface area contributed by atoms with E-state index >= 15 is 0 Å². The number of hydrogen-bond donors (Lipinski definition) is 1. The second kappa shape index (κ2) is 4.90. The lowest BCUT2D eigenvalue weighted by Crippen LogP contribution is -2.00. The third-order valence-electron chi connectivity index (χ3n) is 3.21. The number of thiophene rings is 1. The Morgan fingerprint density at radius 1 is 1.21 bits per heavy atom. The van der Waals surface area contributed by atoms with E-state index in [1.807, 2.05) is 25.2 Å². The number of aryl methyl sites for hydroxylation is 1. The molecule has 0 aliphatic heterocycles. The summed E-state index contributed by atoms with van der Waals surface area (Å²) in [6, 6.07) is 12.4. The van der Waals surface area contributed by atoms with Gasteiger partial charge in [0.25, 0.3) is 0 Å². The quantitative estimate of drug-likeness (QED) is 0.792. The van der Waals surface area contributed by atoms with E-state index in [2.05, 4.69) is 34.1 Å². The Labute approximate surface area is 116 Å². The molecule has 3 aromatic rings. The van der Waals surface area contributed by atoms with E-state index < -0.39 is 0 Å². The molecule has 4 heteroatoms. The Kier molecular flexibility index (Phi) is 3.09. The highest BCUT2D eigenvalue weighted by Gasteiger charge is 2.15. The van der Waals surface area contributed by atoms with Crippen LogP contribution in [0.15, 0.2) is 47.2 Å². The van der Waals surface area contributed by atoms with Crippen LogP contribution in [-0.2, 0) is 13.5 Å². The molecule has 0 spiro atoms. The summed E-state index contributed by atoms with van der Waals surface area (Å²) in [7, 11) is 1.89. The standard InChI is InChI=1S/C15H15N3S/c1-18-15(16)13(9-11-5-3-2-4-6-11)14(17-18)12-7-8-19-10-12/h2-8,10H,9,16H2,1H3. The first-order valence-corrected chi connectivity index (χ1v) is 7.08. The second-order valence-corrected chi connectivity index (χ2v) is 5.29. The monoisotopic (exact) mass is 269 g/mol. The molecule has 0 aliphatic rings. The molecule has 0 fully saturated rings. The summed E-state index contributed by atoms with van der Waals surface area (Å²) in [6.07, 6.45) is 0.811. The van der Waals surface area contributed by atoms with Gasteiger partial charge in [0.2, 0.25) is 0 Å². The zero-order valence-electron chi connectivity index (χ0n) is 10.7. The van der Waals surface area contributed by atoms with Crippen molar-refractivity contribution in [1.82, 2.24) is 9.78 Å². The molecule has 0 saturated carbocycles. The van der Waals surface area contributed by atoms with Crippen molar-refractivity contribution in [2.45, 2.75) is 6.42 Å². The first-order valence-electron chi connectivity index (χ1n) is 6.13. The van der Waals surface area contributed by atoms with E-state index in [1.165, 1.54) is 5.56 Å². The number of nitrogens with two attached hydrogens (primary N) is 1. The minimum absolute atomic E-state index is 0.741. The molecule has 0 amide bonds. The average molecular weight is 269 g/mol. The SMILES string of the molecule is Cn1nc(-c2ccsc2)c(Cc2ccccc2)c1N. The van der Waals surface area contributed by atoms with Crippen LogP contribution in [0, 0.1) is 0 Å². The third kappa shape index (κ3) is 2.27. The molecular formula is C15H15N3S. The van der Waals surface area contributed by atoms with Crippen molar-refractivity contribution in [2.24, 2.45) is 7.05 Å². The van der Waals surface area contributed by atoms with E-state index in [4.69, 9.17) is 5.73 Å². The maximum atomic E-state index is 6.16. The minimum Gasteiger partial charge on any atom is -0.384 e. The van der Waals surface area contributed by atoms with Gasteiger partial charge in [-0.25, -0.2) is 0 Å². The fourth-order valence-corrected chi connectivity index (χ4v) is 2.83. The van der Waals surface area contributed by atoms with E-state index in [9.17, 15) is 0 Å². The zero-order chi connectivity index (χ0) is 13.2. The molecule has 0 atom stereocenters. The lowest BCUT2D eigenvalue weighted by molar-refractivity contribution is 0.782. The average Bonchev–Trinajstić information content (AvgIpc) is 3.04. The lowest BCUT2D eigenvalue weighted by atomic mass is 10.0. The van der Waals surface area contributed by atoms with Crippen molar-refractivity contribution in [3.8, 4) is 11.3 Å². The minimum atomic E-state index is 0.741. The highest BCUT2D eigenvalue weighted by molar-refractivity contribution is 7.08. The zero-order valence-corrected chi connectivity index (χ0v) is 11.5. The van der Waals surface area contributed by atoms with E-state index in [0.717, 1.165) is 29.1 Å². The van der Waals surface area contributed by atoms with Crippen LogP contribution >= 0.6 is 11.3 Å². The van der Waals surface area contributed by atoms with Crippen LogP contribution < -0.4 is 5.73 Å². The molecule has 0 saturated heterocycles. The van der Waals surface area contributed by atoms with Gasteiger partial charge in [-0.2, -0.15) is 16.4 Å². The Morgan fingerprint density at radius 3 is 2.68 bits per heavy atom. The molecule has 19 heavy (non-hydrogen) atoms. The van der Waals surface area contributed by atoms with Gasteiger partial charge in [0, 0.05) is 30.0 Å². The summed E-state index contributed by atoms with van der Waals surface area (Å²) < 4.78 is 1.76. The Hall–Kier alpha value is -2.07. The van der Waals surface area contributed by atoms with Crippen LogP contribution in [-0.4, -0.2) is 9.78 Å². The molecule has 0 aliphatic carbocycles. The van der Waals surface area contributed by atoms with Gasteiger partial charge in [0.05, 0.1) is 5.69 Å².